The van der Waals surface area contributed by atoms with Gasteiger partial charge >= 0.3 is 0 Å². The van der Waals surface area contributed by atoms with Gasteiger partial charge in [0.15, 0.2) is 5.82 Å². The third-order valence-corrected chi connectivity index (χ3v) is 4.38. The average molecular weight is 265 g/mol. The van der Waals surface area contributed by atoms with Crippen LogP contribution in [0.3, 0.4) is 0 Å². The van der Waals surface area contributed by atoms with Crippen molar-refractivity contribution in [3.8, 4) is 0 Å². The van der Waals surface area contributed by atoms with Crippen LogP contribution in [0, 0.1) is 5.92 Å². The summed E-state index contributed by atoms with van der Waals surface area (Å²) in [7, 11) is 0. The predicted molar refractivity (Wildman–Crippen MR) is 73.0 cm³/mol. The van der Waals surface area contributed by atoms with E-state index in [0.717, 1.165) is 31.0 Å². The van der Waals surface area contributed by atoms with Crippen molar-refractivity contribution < 1.29 is 5.11 Å². The summed E-state index contributed by atoms with van der Waals surface area (Å²) >= 11 is 0. The highest BCUT2D eigenvalue weighted by Crippen LogP contribution is 2.27. The SMILES string of the molecule is CC(O)c1nc(N2CCC(C3CCCN3)CC2)n[nH]1. The predicted octanol–water partition coefficient (Wildman–Crippen LogP) is 0.826. The molecule has 2 unspecified atom stereocenters. The molecule has 3 N–H and O–H groups in total. The first-order valence-corrected chi connectivity index (χ1v) is 7.33. The van der Waals surface area contributed by atoms with Crippen LogP contribution < -0.4 is 10.2 Å². The molecule has 2 atom stereocenters. The van der Waals surface area contributed by atoms with Crippen LogP contribution in [0.2, 0.25) is 0 Å². The molecule has 0 aromatic carbocycles. The molecule has 3 heterocycles. The number of anilines is 1. The zero-order valence-corrected chi connectivity index (χ0v) is 11.5. The number of aliphatic hydroxyl groups is 1. The molecular formula is C13H23N5O. The summed E-state index contributed by atoms with van der Waals surface area (Å²) in [5.74, 6) is 2.08. The molecule has 2 saturated heterocycles. The fraction of sp³-hybridized carbons (Fsp3) is 0.846. The Morgan fingerprint density at radius 1 is 1.32 bits per heavy atom. The molecule has 0 radical (unpaired) electrons. The molecule has 0 amide bonds. The minimum absolute atomic E-state index is 0.551. The molecule has 0 bridgehead atoms. The molecule has 0 aliphatic carbocycles. The largest absolute Gasteiger partial charge is 0.385 e. The first-order valence-electron chi connectivity index (χ1n) is 7.33. The van der Waals surface area contributed by atoms with E-state index in [9.17, 15) is 5.11 Å². The van der Waals surface area contributed by atoms with Gasteiger partial charge in [-0.2, -0.15) is 4.98 Å². The van der Waals surface area contributed by atoms with E-state index < -0.39 is 6.10 Å². The van der Waals surface area contributed by atoms with Crippen LogP contribution in [0.15, 0.2) is 0 Å². The van der Waals surface area contributed by atoms with Gasteiger partial charge in [0.05, 0.1) is 0 Å². The van der Waals surface area contributed by atoms with Crippen LogP contribution in [0.4, 0.5) is 5.95 Å². The molecule has 6 heteroatoms. The summed E-state index contributed by atoms with van der Waals surface area (Å²) in [6.45, 7) is 4.91. The number of aromatic nitrogens is 3. The Kier molecular flexibility index (Phi) is 3.70. The Balaban J connectivity index is 1.56. The fourth-order valence-corrected chi connectivity index (χ4v) is 3.21. The summed E-state index contributed by atoms with van der Waals surface area (Å²) in [5.41, 5.74) is 0. The summed E-state index contributed by atoms with van der Waals surface area (Å²) in [6.07, 6.45) is 4.48. The first-order chi connectivity index (χ1) is 9.24. The van der Waals surface area contributed by atoms with Gasteiger partial charge in [0.1, 0.15) is 6.10 Å². The van der Waals surface area contributed by atoms with E-state index in [4.69, 9.17) is 0 Å². The van der Waals surface area contributed by atoms with Crippen molar-refractivity contribution in [1.82, 2.24) is 20.5 Å². The second kappa shape index (κ2) is 5.46. The van der Waals surface area contributed by atoms with Crippen LogP contribution in [-0.2, 0) is 0 Å². The summed E-state index contributed by atoms with van der Waals surface area (Å²) in [5, 5.41) is 20.1. The van der Waals surface area contributed by atoms with Gasteiger partial charge in [-0.15, -0.1) is 5.10 Å². The molecule has 0 spiro atoms. The highest BCUT2D eigenvalue weighted by Gasteiger charge is 2.29. The Morgan fingerprint density at radius 3 is 2.68 bits per heavy atom. The van der Waals surface area contributed by atoms with Crippen LogP contribution in [0.1, 0.15) is 44.5 Å². The topological polar surface area (TPSA) is 77.1 Å². The van der Waals surface area contributed by atoms with Gasteiger partial charge < -0.3 is 15.3 Å². The second-order valence-electron chi connectivity index (χ2n) is 5.72. The van der Waals surface area contributed by atoms with Gasteiger partial charge in [-0.1, -0.05) is 0 Å². The van der Waals surface area contributed by atoms with Gasteiger partial charge in [0.25, 0.3) is 0 Å². The van der Waals surface area contributed by atoms with Crippen molar-refractivity contribution in [3.63, 3.8) is 0 Å². The van der Waals surface area contributed by atoms with E-state index >= 15 is 0 Å². The normalized spacial score (nSPS) is 26.8. The maximum absolute atomic E-state index is 9.46. The van der Waals surface area contributed by atoms with Gasteiger partial charge in [-0.25, -0.2) is 0 Å². The van der Waals surface area contributed by atoms with Crippen LogP contribution in [0.5, 0.6) is 0 Å². The van der Waals surface area contributed by atoms with Crippen LogP contribution in [0.25, 0.3) is 0 Å². The lowest BCUT2D eigenvalue weighted by Gasteiger charge is -2.34. The molecule has 3 rings (SSSR count). The lowest BCUT2D eigenvalue weighted by molar-refractivity contribution is 0.189. The Morgan fingerprint density at radius 2 is 2.11 bits per heavy atom. The number of H-pyrrole nitrogens is 1. The molecule has 106 valence electrons. The number of hydrogen-bond acceptors (Lipinski definition) is 5. The molecule has 1 aromatic rings. The molecule has 1 aromatic heterocycles. The number of nitrogens with one attached hydrogen (secondary N) is 2. The average Bonchev–Trinajstić information content (AvgIpc) is 3.11. The van der Waals surface area contributed by atoms with Crippen molar-refractivity contribution in [2.75, 3.05) is 24.5 Å². The molecule has 0 saturated carbocycles. The third kappa shape index (κ3) is 2.74. The highest BCUT2D eigenvalue weighted by molar-refractivity contribution is 5.29. The maximum Gasteiger partial charge on any atom is 0.244 e. The van der Waals surface area contributed by atoms with E-state index in [1.165, 1.54) is 32.2 Å². The molecule has 6 nitrogen and oxygen atoms in total. The number of nitrogens with zero attached hydrogens (tertiary/aromatic N) is 3. The van der Waals surface area contributed by atoms with Crippen LogP contribution in [-0.4, -0.2) is 46.0 Å². The summed E-state index contributed by atoms with van der Waals surface area (Å²) in [4.78, 5) is 6.57. The molecule has 19 heavy (non-hydrogen) atoms. The number of hydrogen-bond donors (Lipinski definition) is 3. The zero-order valence-electron chi connectivity index (χ0n) is 11.5. The molecular weight excluding hydrogens is 242 g/mol. The van der Waals surface area contributed by atoms with Crippen molar-refractivity contribution >= 4 is 5.95 Å². The lowest BCUT2D eigenvalue weighted by Crippen LogP contribution is -2.41. The van der Waals surface area contributed by atoms with Gasteiger partial charge in [0, 0.05) is 19.1 Å². The van der Waals surface area contributed by atoms with E-state index in [1.54, 1.807) is 6.92 Å². The van der Waals surface area contributed by atoms with Crippen molar-refractivity contribution in [2.45, 2.75) is 44.8 Å². The minimum Gasteiger partial charge on any atom is -0.385 e. The summed E-state index contributed by atoms with van der Waals surface area (Å²) < 4.78 is 0. The van der Waals surface area contributed by atoms with Gasteiger partial charge in [0.2, 0.25) is 5.95 Å². The molecule has 2 fully saturated rings. The van der Waals surface area contributed by atoms with Crippen molar-refractivity contribution in [1.29, 1.82) is 0 Å². The zero-order chi connectivity index (χ0) is 13.2. The monoisotopic (exact) mass is 265 g/mol. The summed E-state index contributed by atoms with van der Waals surface area (Å²) in [6, 6.07) is 0.724. The second-order valence-corrected chi connectivity index (χ2v) is 5.72. The highest BCUT2D eigenvalue weighted by atomic mass is 16.3. The number of piperidine rings is 1. The molecule has 2 aliphatic heterocycles. The number of aliphatic hydroxyl groups excluding tert-OH is 1. The lowest BCUT2D eigenvalue weighted by atomic mass is 9.89. The number of rotatable bonds is 3. The van der Waals surface area contributed by atoms with Crippen LogP contribution >= 0.6 is 0 Å². The Hall–Kier alpha value is -1.14. The van der Waals surface area contributed by atoms with Gasteiger partial charge in [-0.05, 0) is 45.1 Å². The third-order valence-electron chi connectivity index (χ3n) is 4.38. The molecule has 2 aliphatic rings. The van der Waals surface area contributed by atoms with E-state index in [0.29, 0.717) is 5.82 Å². The number of aromatic amines is 1. The smallest absolute Gasteiger partial charge is 0.244 e. The minimum atomic E-state index is -0.582. The van der Waals surface area contributed by atoms with Crippen molar-refractivity contribution in [3.05, 3.63) is 5.82 Å². The fourth-order valence-electron chi connectivity index (χ4n) is 3.21. The first kappa shape index (κ1) is 12.9. The Bertz CT molecular complexity index is 405. The van der Waals surface area contributed by atoms with E-state index in [1.807, 2.05) is 0 Å². The standard InChI is InChI=1S/C13H23N5O/c1-9(19)12-15-13(17-16-12)18-7-4-10(5-8-18)11-3-2-6-14-11/h9-11,14,19H,2-8H2,1H3,(H,15,16,17). The maximum atomic E-state index is 9.46. The van der Waals surface area contributed by atoms with E-state index in [-0.39, 0.29) is 0 Å². The Labute approximate surface area is 113 Å². The van der Waals surface area contributed by atoms with Gasteiger partial charge in [-0.3, -0.25) is 5.10 Å². The van der Waals surface area contributed by atoms with E-state index in [2.05, 4.69) is 25.4 Å². The quantitative estimate of drug-likeness (QED) is 0.754. The van der Waals surface area contributed by atoms with Crippen molar-refractivity contribution in [2.24, 2.45) is 5.92 Å².